The van der Waals surface area contributed by atoms with Gasteiger partial charge in [-0.25, -0.2) is 0 Å². The monoisotopic (exact) mass is 515 g/mol. The molecule has 1 aromatic heterocycles. The van der Waals surface area contributed by atoms with Crippen LogP contribution in [0.15, 0.2) is 36.4 Å². The van der Waals surface area contributed by atoms with Crippen LogP contribution in [0.5, 0.6) is 5.75 Å². The minimum absolute atomic E-state index is 0.0191. The number of aromatic amines is 1. The SMILES string of the molecule is O=C(c1cc(OCC2CCOCC2)cc(C2CC2)c1)N1CC2CN(C(=O)c3ccc4n[nH]nc4c3)CC2C1. The predicted molar refractivity (Wildman–Crippen MR) is 140 cm³/mol. The Morgan fingerprint density at radius 3 is 2.24 bits per heavy atom. The van der Waals surface area contributed by atoms with Crippen molar-refractivity contribution in [1.29, 1.82) is 0 Å². The molecule has 3 aromatic rings. The number of fused-ring (bicyclic) bond motifs is 2. The van der Waals surface area contributed by atoms with Crippen LogP contribution in [0.1, 0.15) is 57.9 Å². The van der Waals surface area contributed by atoms with Gasteiger partial charge in [0.1, 0.15) is 16.8 Å². The molecule has 1 N–H and O–H groups in total. The third-order valence-corrected chi connectivity index (χ3v) is 8.68. The average molecular weight is 516 g/mol. The summed E-state index contributed by atoms with van der Waals surface area (Å²) < 4.78 is 11.7. The van der Waals surface area contributed by atoms with Gasteiger partial charge in [-0.1, -0.05) is 0 Å². The van der Waals surface area contributed by atoms with Gasteiger partial charge in [0.05, 0.1) is 6.61 Å². The highest BCUT2D eigenvalue weighted by molar-refractivity contribution is 5.97. The molecule has 2 aromatic carbocycles. The van der Waals surface area contributed by atoms with E-state index in [1.807, 2.05) is 28.0 Å². The summed E-state index contributed by atoms with van der Waals surface area (Å²) in [6.07, 6.45) is 4.41. The molecule has 2 unspecified atom stereocenters. The number of H-pyrrole nitrogens is 1. The average Bonchev–Trinajstić information content (AvgIpc) is 3.37. The molecule has 0 bridgehead atoms. The molecule has 9 nitrogen and oxygen atoms in total. The van der Waals surface area contributed by atoms with E-state index in [-0.39, 0.29) is 11.8 Å². The summed E-state index contributed by atoms with van der Waals surface area (Å²) in [5.41, 5.74) is 4.01. The normalized spacial score (nSPS) is 23.7. The summed E-state index contributed by atoms with van der Waals surface area (Å²) in [4.78, 5) is 30.7. The van der Waals surface area contributed by atoms with Crippen molar-refractivity contribution in [3.05, 3.63) is 53.1 Å². The fourth-order valence-electron chi connectivity index (χ4n) is 6.27. The topological polar surface area (TPSA) is 101 Å². The van der Waals surface area contributed by atoms with Crippen LogP contribution in [-0.2, 0) is 4.74 Å². The number of benzene rings is 2. The Bertz CT molecular complexity index is 1350. The van der Waals surface area contributed by atoms with Gasteiger partial charge in [-0.3, -0.25) is 9.59 Å². The summed E-state index contributed by atoms with van der Waals surface area (Å²) in [6, 6.07) is 11.6. The smallest absolute Gasteiger partial charge is 0.254 e. The third kappa shape index (κ3) is 4.64. The van der Waals surface area contributed by atoms with Crippen LogP contribution in [0.2, 0.25) is 0 Å². The zero-order chi connectivity index (χ0) is 25.6. The Morgan fingerprint density at radius 2 is 1.53 bits per heavy atom. The van der Waals surface area contributed by atoms with E-state index in [1.165, 1.54) is 18.4 Å². The van der Waals surface area contributed by atoms with E-state index in [2.05, 4.69) is 27.5 Å². The largest absolute Gasteiger partial charge is 0.493 e. The highest BCUT2D eigenvalue weighted by atomic mass is 16.5. The molecule has 9 heteroatoms. The van der Waals surface area contributed by atoms with Crippen molar-refractivity contribution in [2.75, 3.05) is 46.0 Å². The fraction of sp³-hybridized carbons (Fsp3) is 0.517. The van der Waals surface area contributed by atoms with Crippen molar-refractivity contribution >= 4 is 22.8 Å². The van der Waals surface area contributed by atoms with E-state index < -0.39 is 0 Å². The molecule has 4 heterocycles. The van der Waals surface area contributed by atoms with Gasteiger partial charge in [0.25, 0.3) is 11.8 Å². The summed E-state index contributed by atoms with van der Waals surface area (Å²) in [5, 5.41) is 10.8. The van der Waals surface area contributed by atoms with Crippen molar-refractivity contribution in [3.8, 4) is 5.75 Å². The Hall–Kier alpha value is -3.46. The number of carbonyl (C=O) groups is 2. The van der Waals surface area contributed by atoms with Crippen molar-refractivity contribution < 1.29 is 19.1 Å². The standard InChI is InChI=1S/C29H33N5O4/c35-28(20-3-4-26-27(12-20)31-32-30-26)33-13-23-15-34(16-24(23)14-33)29(36)22-9-21(19-1-2-19)10-25(11-22)38-17-18-5-7-37-8-6-18/h3-4,9-12,18-19,23-24H,1-2,5-8,13-17H2,(H,30,31,32). The minimum atomic E-state index is 0.0191. The lowest BCUT2D eigenvalue weighted by atomic mass is 10.0. The first kappa shape index (κ1) is 23.6. The van der Waals surface area contributed by atoms with E-state index in [4.69, 9.17) is 9.47 Å². The van der Waals surface area contributed by atoms with Crippen LogP contribution < -0.4 is 4.74 Å². The molecule has 0 spiro atoms. The van der Waals surface area contributed by atoms with Crippen molar-refractivity contribution in [1.82, 2.24) is 25.2 Å². The lowest BCUT2D eigenvalue weighted by Crippen LogP contribution is -2.35. The van der Waals surface area contributed by atoms with Gasteiger partial charge in [-0.05, 0) is 79.5 Å². The first-order valence-corrected chi connectivity index (χ1v) is 13.9. The van der Waals surface area contributed by atoms with Gasteiger partial charge in [0, 0.05) is 62.4 Å². The Labute approximate surface area is 221 Å². The molecule has 7 rings (SSSR count). The maximum Gasteiger partial charge on any atom is 0.254 e. The Kier molecular flexibility index (Phi) is 6.03. The van der Waals surface area contributed by atoms with Gasteiger partial charge >= 0.3 is 0 Å². The lowest BCUT2D eigenvalue weighted by Gasteiger charge is -2.23. The molecular formula is C29H33N5O4. The van der Waals surface area contributed by atoms with Gasteiger partial charge in [0.15, 0.2) is 0 Å². The zero-order valence-electron chi connectivity index (χ0n) is 21.5. The second-order valence-electron chi connectivity index (χ2n) is 11.4. The summed E-state index contributed by atoms with van der Waals surface area (Å²) in [5.74, 6) is 2.56. The van der Waals surface area contributed by atoms with Gasteiger partial charge in [-0.2, -0.15) is 15.4 Å². The molecule has 2 amide bonds. The van der Waals surface area contributed by atoms with E-state index in [0.29, 0.717) is 67.5 Å². The van der Waals surface area contributed by atoms with E-state index in [1.54, 1.807) is 6.07 Å². The predicted octanol–water partition coefficient (Wildman–Crippen LogP) is 3.48. The molecular weight excluding hydrogens is 482 g/mol. The number of likely N-dealkylation sites (tertiary alicyclic amines) is 2. The number of ether oxygens (including phenoxy) is 2. The number of hydrogen-bond acceptors (Lipinski definition) is 6. The Morgan fingerprint density at radius 1 is 0.842 bits per heavy atom. The van der Waals surface area contributed by atoms with Crippen LogP contribution in [0.25, 0.3) is 11.0 Å². The summed E-state index contributed by atoms with van der Waals surface area (Å²) >= 11 is 0. The molecule has 4 fully saturated rings. The molecule has 198 valence electrons. The summed E-state index contributed by atoms with van der Waals surface area (Å²) in [6.45, 7) is 4.99. The number of amides is 2. The quantitative estimate of drug-likeness (QED) is 0.540. The number of aromatic nitrogens is 3. The van der Waals surface area contributed by atoms with Crippen LogP contribution in [0, 0.1) is 17.8 Å². The van der Waals surface area contributed by atoms with Gasteiger partial charge in [0.2, 0.25) is 0 Å². The van der Waals surface area contributed by atoms with Crippen LogP contribution in [-0.4, -0.2) is 83.0 Å². The highest BCUT2D eigenvalue weighted by Gasteiger charge is 2.43. The van der Waals surface area contributed by atoms with E-state index in [9.17, 15) is 9.59 Å². The minimum Gasteiger partial charge on any atom is -0.493 e. The number of nitrogens with zero attached hydrogens (tertiary/aromatic N) is 4. The maximum absolute atomic E-state index is 13.6. The van der Waals surface area contributed by atoms with Crippen LogP contribution >= 0.6 is 0 Å². The van der Waals surface area contributed by atoms with Crippen molar-refractivity contribution in [2.45, 2.75) is 31.6 Å². The number of rotatable bonds is 6. The molecule has 0 radical (unpaired) electrons. The molecule has 3 saturated heterocycles. The van der Waals surface area contributed by atoms with Crippen molar-refractivity contribution in [3.63, 3.8) is 0 Å². The van der Waals surface area contributed by atoms with Gasteiger partial charge in [-0.15, -0.1) is 0 Å². The zero-order valence-corrected chi connectivity index (χ0v) is 21.5. The second-order valence-corrected chi connectivity index (χ2v) is 11.4. The maximum atomic E-state index is 13.6. The lowest BCUT2D eigenvalue weighted by molar-refractivity contribution is 0.0497. The number of carbonyl (C=O) groups excluding carboxylic acids is 2. The van der Waals surface area contributed by atoms with E-state index >= 15 is 0 Å². The molecule has 38 heavy (non-hydrogen) atoms. The molecule has 4 aliphatic rings. The number of nitrogens with one attached hydrogen (secondary N) is 1. The molecule has 1 saturated carbocycles. The number of hydrogen-bond donors (Lipinski definition) is 1. The Balaban J connectivity index is 1.01. The fourth-order valence-corrected chi connectivity index (χ4v) is 6.27. The van der Waals surface area contributed by atoms with Crippen molar-refractivity contribution in [2.24, 2.45) is 17.8 Å². The first-order chi connectivity index (χ1) is 18.6. The second kappa shape index (κ2) is 9.69. The summed E-state index contributed by atoms with van der Waals surface area (Å²) in [7, 11) is 0. The highest BCUT2D eigenvalue weighted by Crippen LogP contribution is 2.42. The molecule has 2 atom stereocenters. The molecule has 1 aliphatic carbocycles. The van der Waals surface area contributed by atoms with E-state index in [0.717, 1.165) is 42.9 Å². The van der Waals surface area contributed by atoms with Crippen LogP contribution in [0.4, 0.5) is 0 Å². The van der Waals surface area contributed by atoms with Gasteiger partial charge < -0.3 is 19.3 Å². The third-order valence-electron chi connectivity index (χ3n) is 8.68. The first-order valence-electron chi connectivity index (χ1n) is 13.9. The van der Waals surface area contributed by atoms with Crippen LogP contribution in [0.3, 0.4) is 0 Å². The molecule has 3 aliphatic heterocycles.